The first kappa shape index (κ1) is 10.6. The summed E-state index contributed by atoms with van der Waals surface area (Å²) in [6.07, 6.45) is -4.94. The highest BCUT2D eigenvalue weighted by atomic mass is 16.6. The Bertz CT molecular complexity index is 284. The zero-order valence-electron chi connectivity index (χ0n) is 7.83. The van der Waals surface area contributed by atoms with Crippen LogP contribution < -0.4 is 5.32 Å². The molecule has 2 fully saturated rings. The van der Waals surface area contributed by atoms with Crippen LogP contribution in [0.1, 0.15) is 6.42 Å². The number of carbonyl (C=O) groups excluding carboxylic acids is 1. The molecule has 1 heterocycles. The molecule has 86 valence electrons. The summed E-state index contributed by atoms with van der Waals surface area (Å²) in [6.45, 7) is -0.595. The highest BCUT2D eigenvalue weighted by Crippen LogP contribution is 2.35. The molecule has 2 aliphatic rings. The number of hydrogen-bond donors (Lipinski definition) is 5. The Morgan fingerprint density at radius 3 is 2.67 bits per heavy atom. The van der Waals surface area contributed by atoms with Gasteiger partial charge in [-0.25, -0.2) is 4.79 Å². The van der Waals surface area contributed by atoms with Crippen molar-refractivity contribution in [1.29, 1.82) is 0 Å². The summed E-state index contributed by atoms with van der Waals surface area (Å²) in [5, 5.41) is 40.1. The number of hydrogen-bond acceptors (Lipinski definition) is 6. The van der Waals surface area contributed by atoms with Crippen molar-refractivity contribution in [2.75, 3.05) is 6.61 Å². The summed E-state index contributed by atoms with van der Waals surface area (Å²) in [5.74, 6) is 0. The maximum atomic E-state index is 11.1. The van der Waals surface area contributed by atoms with Gasteiger partial charge in [-0.15, -0.1) is 0 Å². The number of alkyl carbamates (subject to hydrolysis) is 1. The molecule has 1 amide bonds. The summed E-state index contributed by atoms with van der Waals surface area (Å²) in [4.78, 5) is 11.1. The topological polar surface area (TPSA) is 119 Å². The molecule has 0 spiro atoms. The first-order chi connectivity index (χ1) is 7.00. The lowest BCUT2D eigenvalue weighted by molar-refractivity contribution is -0.219. The van der Waals surface area contributed by atoms with Gasteiger partial charge in [-0.3, -0.25) is 0 Å². The van der Waals surface area contributed by atoms with Gasteiger partial charge in [0.1, 0.15) is 18.3 Å². The van der Waals surface area contributed by atoms with Crippen molar-refractivity contribution in [3.8, 4) is 0 Å². The Morgan fingerprint density at radius 1 is 1.40 bits per heavy atom. The predicted molar refractivity (Wildman–Crippen MR) is 45.9 cm³/mol. The van der Waals surface area contributed by atoms with Gasteiger partial charge < -0.3 is 30.5 Å². The lowest BCUT2D eigenvalue weighted by atomic mass is 9.75. The number of nitrogens with one attached hydrogen (secondary N) is 1. The van der Waals surface area contributed by atoms with E-state index in [0.29, 0.717) is 0 Å². The molecule has 1 saturated carbocycles. The third-order valence-electron chi connectivity index (χ3n) is 3.06. The average molecular weight is 219 g/mol. The molecule has 5 atom stereocenters. The van der Waals surface area contributed by atoms with Gasteiger partial charge in [0.15, 0.2) is 5.60 Å². The van der Waals surface area contributed by atoms with Crippen molar-refractivity contribution in [2.45, 2.75) is 36.4 Å². The molecule has 0 aromatic carbocycles. The minimum atomic E-state index is -1.51. The monoisotopic (exact) mass is 219 g/mol. The van der Waals surface area contributed by atoms with Gasteiger partial charge in [-0.2, -0.15) is 0 Å². The average Bonchev–Trinajstić information content (AvgIpc) is 2.23. The van der Waals surface area contributed by atoms with Crippen LogP contribution in [0.2, 0.25) is 0 Å². The molecular weight excluding hydrogens is 206 g/mol. The van der Waals surface area contributed by atoms with Crippen molar-refractivity contribution in [3.63, 3.8) is 0 Å². The van der Waals surface area contributed by atoms with Gasteiger partial charge in [-0.05, 0) is 0 Å². The minimum Gasteiger partial charge on any atom is -0.438 e. The third kappa shape index (κ3) is 1.39. The molecule has 15 heavy (non-hydrogen) atoms. The molecular formula is C8H13NO6. The van der Waals surface area contributed by atoms with Gasteiger partial charge in [0, 0.05) is 6.42 Å². The van der Waals surface area contributed by atoms with Crippen molar-refractivity contribution in [1.82, 2.24) is 5.32 Å². The standard InChI is InChI=1S/C8H13NO6/c10-2-8-1-3(9-7(14)15-8)4(11)5(12)6(8)13/h3-6,10-13H,1-2H2,(H,9,14)/t3-,4-,5-,6-,8+/m0/s1. The van der Waals surface area contributed by atoms with Crippen LogP contribution in [0.3, 0.4) is 0 Å². The molecule has 2 bridgehead atoms. The molecule has 1 saturated heterocycles. The first-order valence-electron chi connectivity index (χ1n) is 4.65. The van der Waals surface area contributed by atoms with Crippen LogP contribution in [0.5, 0.6) is 0 Å². The number of aliphatic hydroxyl groups excluding tert-OH is 4. The third-order valence-corrected chi connectivity index (χ3v) is 3.06. The van der Waals surface area contributed by atoms with Gasteiger partial charge in [-0.1, -0.05) is 0 Å². The maximum Gasteiger partial charge on any atom is 0.408 e. The van der Waals surface area contributed by atoms with Crippen LogP contribution in [0, 0.1) is 0 Å². The zero-order valence-corrected chi connectivity index (χ0v) is 7.83. The molecule has 0 radical (unpaired) electrons. The van der Waals surface area contributed by atoms with E-state index in [1.165, 1.54) is 0 Å². The fraction of sp³-hybridized carbons (Fsp3) is 0.875. The van der Waals surface area contributed by atoms with Crippen molar-refractivity contribution < 1.29 is 30.0 Å². The number of amides is 1. The zero-order chi connectivity index (χ0) is 11.2. The molecule has 1 aliphatic heterocycles. The molecule has 0 aromatic heterocycles. The molecule has 5 N–H and O–H groups in total. The number of rotatable bonds is 1. The van der Waals surface area contributed by atoms with E-state index in [4.69, 9.17) is 9.84 Å². The smallest absolute Gasteiger partial charge is 0.408 e. The van der Waals surface area contributed by atoms with E-state index in [0.717, 1.165) is 0 Å². The largest absolute Gasteiger partial charge is 0.438 e. The lowest BCUT2D eigenvalue weighted by Crippen LogP contribution is -2.72. The van der Waals surface area contributed by atoms with E-state index in [2.05, 4.69) is 5.32 Å². The van der Waals surface area contributed by atoms with Crippen molar-refractivity contribution >= 4 is 6.09 Å². The van der Waals surface area contributed by atoms with E-state index in [9.17, 15) is 20.1 Å². The Morgan fingerprint density at radius 2 is 2.07 bits per heavy atom. The summed E-state index contributed by atoms with van der Waals surface area (Å²) in [6, 6.07) is -0.711. The number of aliphatic hydroxyl groups is 4. The Balaban J connectivity index is 2.32. The summed E-state index contributed by atoms with van der Waals surface area (Å²) >= 11 is 0. The molecule has 0 unspecified atom stereocenters. The Hall–Kier alpha value is -0.890. The van der Waals surface area contributed by atoms with Gasteiger partial charge in [0.25, 0.3) is 0 Å². The SMILES string of the molecule is O=C1N[C@H]2C[C@](CO)(O1)[C@@H](O)[C@@H](O)[C@H]2O. The first-order valence-corrected chi connectivity index (χ1v) is 4.65. The minimum absolute atomic E-state index is 0.0641. The number of ether oxygens (including phenoxy) is 1. The number of carbonyl (C=O) groups is 1. The van der Waals surface area contributed by atoms with E-state index in [1.54, 1.807) is 0 Å². The normalized spacial score (nSPS) is 49.5. The molecule has 7 nitrogen and oxygen atoms in total. The second-order valence-electron chi connectivity index (χ2n) is 3.99. The van der Waals surface area contributed by atoms with Crippen LogP contribution in [-0.4, -0.2) is 63.1 Å². The van der Waals surface area contributed by atoms with E-state index < -0.39 is 42.7 Å². The summed E-state index contributed by atoms with van der Waals surface area (Å²) < 4.78 is 4.80. The second-order valence-corrected chi connectivity index (χ2v) is 3.99. The van der Waals surface area contributed by atoms with E-state index >= 15 is 0 Å². The van der Waals surface area contributed by atoms with Crippen molar-refractivity contribution in [3.05, 3.63) is 0 Å². The number of fused-ring (bicyclic) bond motifs is 2. The van der Waals surface area contributed by atoms with Crippen LogP contribution in [-0.2, 0) is 4.74 Å². The lowest BCUT2D eigenvalue weighted by Gasteiger charge is -2.50. The van der Waals surface area contributed by atoms with Crippen LogP contribution in [0.4, 0.5) is 4.79 Å². The van der Waals surface area contributed by atoms with Crippen LogP contribution in [0.15, 0.2) is 0 Å². The summed E-state index contributed by atoms with van der Waals surface area (Å²) in [7, 11) is 0. The molecule has 7 heteroatoms. The van der Waals surface area contributed by atoms with Gasteiger partial charge in [0.05, 0.1) is 12.6 Å². The van der Waals surface area contributed by atoms with Gasteiger partial charge in [0.2, 0.25) is 0 Å². The quantitative estimate of drug-likeness (QED) is 0.328. The Kier molecular flexibility index (Phi) is 2.34. The Labute approximate surface area is 85.3 Å². The van der Waals surface area contributed by atoms with Crippen LogP contribution in [0.25, 0.3) is 0 Å². The molecule has 1 aliphatic carbocycles. The van der Waals surface area contributed by atoms with Crippen molar-refractivity contribution in [2.24, 2.45) is 0 Å². The second kappa shape index (κ2) is 3.31. The fourth-order valence-corrected chi connectivity index (χ4v) is 2.14. The van der Waals surface area contributed by atoms with E-state index in [-0.39, 0.29) is 6.42 Å². The predicted octanol–water partition coefficient (Wildman–Crippen LogP) is -2.69. The summed E-state index contributed by atoms with van der Waals surface area (Å²) in [5.41, 5.74) is -1.51. The fourth-order valence-electron chi connectivity index (χ4n) is 2.14. The van der Waals surface area contributed by atoms with Gasteiger partial charge >= 0.3 is 6.09 Å². The van der Waals surface area contributed by atoms with Crippen LogP contribution >= 0.6 is 0 Å². The van der Waals surface area contributed by atoms with E-state index in [1.807, 2.05) is 0 Å². The highest BCUT2D eigenvalue weighted by Gasteiger charge is 2.57. The highest BCUT2D eigenvalue weighted by molar-refractivity contribution is 5.69. The molecule has 2 rings (SSSR count). The molecule has 0 aromatic rings. The maximum absolute atomic E-state index is 11.1.